The molecule has 0 amide bonds. The minimum absolute atomic E-state index is 0.0318. The number of aromatic nitrogens is 2. The van der Waals surface area contributed by atoms with Crippen LogP contribution >= 0.6 is 11.3 Å². The number of hydrogen-bond acceptors (Lipinski definition) is 6. The molecule has 4 rings (SSSR count). The fraction of sp³-hybridized carbons (Fsp3) is 0.500. The van der Waals surface area contributed by atoms with Gasteiger partial charge in [-0.05, 0) is 36.3 Å². The van der Waals surface area contributed by atoms with E-state index in [2.05, 4.69) is 23.7 Å². The van der Waals surface area contributed by atoms with Crippen molar-refractivity contribution >= 4 is 21.6 Å². The lowest BCUT2D eigenvalue weighted by atomic mass is 10.2. The Kier molecular flexibility index (Phi) is 7.17. The first kappa shape index (κ1) is 22.1. The van der Waals surface area contributed by atoms with Gasteiger partial charge in [-0.15, -0.1) is 11.3 Å². The predicted molar refractivity (Wildman–Crippen MR) is 124 cm³/mol. The summed E-state index contributed by atoms with van der Waals surface area (Å²) >= 11 is 1.66. The van der Waals surface area contributed by atoms with Crippen molar-refractivity contribution in [3.63, 3.8) is 0 Å². The minimum Gasteiger partial charge on any atom is -0.389 e. The van der Waals surface area contributed by atoms with Crippen LogP contribution in [0.25, 0.3) is 10.2 Å². The third kappa shape index (κ3) is 5.60. The lowest BCUT2D eigenvalue weighted by Gasteiger charge is -2.26. The number of ether oxygens (including phenoxy) is 1. The molecule has 0 fully saturated rings. The molecule has 31 heavy (non-hydrogen) atoms. The van der Waals surface area contributed by atoms with Gasteiger partial charge in [-0.3, -0.25) is 9.69 Å². The molecule has 1 atom stereocenters. The fourth-order valence-corrected chi connectivity index (χ4v) is 5.57. The summed E-state index contributed by atoms with van der Waals surface area (Å²) in [6, 6.07) is 9.95. The molecular formula is C24H31N3O3S. The van der Waals surface area contributed by atoms with E-state index in [-0.39, 0.29) is 12.2 Å². The normalized spacial score (nSPS) is 14.6. The van der Waals surface area contributed by atoms with Gasteiger partial charge in [-0.2, -0.15) is 0 Å². The second kappa shape index (κ2) is 10.0. The molecule has 7 heteroatoms. The Bertz CT molecular complexity index is 1060. The van der Waals surface area contributed by atoms with Gasteiger partial charge in [-0.25, -0.2) is 4.98 Å². The standard InChI is InChI=1S/C24H31N3O3S/c1-16(2)11-27(12-18(28)15-30-14-17-7-4-3-5-8-17)13-21-25-23(29)22-19-9-6-10-20(19)31-24(22)26-21/h3-5,7-8,16,18,28H,6,9-15H2,1-2H3,(H,25,26,29)/t18-/m0/s1. The van der Waals surface area contributed by atoms with E-state index in [1.165, 1.54) is 10.4 Å². The van der Waals surface area contributed by atoms with Crippen molar-refractivity contribution in [3.8, 4) is 0 Å². The van der Waals surface area contributed by atoms with Crippen molar-refractivity contribution < 1.29 is 9.84 Å². The van der Waals surface area contributed by atoms with Gasteiger partial charge in [0, 0.05) is 18.0 Å². The van der Waals surface area contributed by atoms with Crippen molar-refractivity contribution in [1.82, 2.24) is 14.9 Å². The zero-order chi connectivity index (χ0) is 21.8. The molecular weight excluding hydrogens is 410 g/mol. The largest absolute Gasteiger partial charge is 0.389 e. The first-order valence-corrected chi connectivity index (χ1v) is 11.9. The van der Waals surface area contributed by atoms with Crippen LogP contribution in [0, 0.1) is 5.92 Å². The van der Waals surface area contributed by atoms with E-state index in [0.29, 0.717) is 31.4 Å². The van der Waals surface area contributed by atoms with Crippen molar-refractivity contribution in [1.29, 1.82) is 0 Å². The highest BCUT2D eigenvalue weighted by Gasteiger charge is 2.22. The molecule has 1 aliphatic carbocycles. The monoisotopic (exact) mass is 441 g/mol. The highest BCUT2D eigenvalue weighted by Crippen LogP contribution is 2.34. The van der Waals surface area contributed by atoms with Crippen LogP contribution in [0.2, 0.25) is 0 Å². The van der Waals surface area contributed by atoms with Crippen LogP contribution < -0.4 is 5.56 Å². The summed E-state index contributed by atoms with van der Waals surface area (Å²) in [5, 5.41) is 11.3. The molecule has 0 unspecified atom stereocenters. The van der Waals surface area contributed by atoms with E-state index in [4.69, 9.17) is 9.72 Å². The Hall–Kier alpha value is -2.06. The van der Waals surface area contributed by atoms with Gasteiger partial charge in [0.05, 0.1) is 31.2 Å². The zero-order valence-electron chi connectivity index (χ0n) is 18.3. The summed E-state index contributed by atoms with van der Waals surface area (Å²) in [6.45, 7) is 6.82. The topological polar surface area (TPSA) is 78.5 Å². The Balaban J connectivity index is 1.40. The predicted octanol–water partition coefficient (Wildman–Crippen LogP) is 3.51. The van der Waals surface area contributed by atoms with E-state index in [9.17, 15) is 9.90 Å². The molecule has 6 nitrogen and oxygen atoms in total. The summed E-state index contributed by atoms with van der Waals surface area (Å²) in [5.74, 6) is 1.09. The number of thiophene rings is 1. The highest BCUT2D eigenvalue weighted by atomic mass is 32.1. The molecule has 166 valence electrons. The van der Waals surface area contributed by atoms with Crippen LogP contribution in [0.15, 0.2) is 35.1 Å². The Morgan fingerprint density at radius 1 is 1.23 bits per heavy atom. The number of aliphatic hydroxyl groups is 1. The molecule has 0 bridgehead atoms. The van der Waals surface area contributed by atoms with Crippen LogP contribution in [-0.2, 0) is 30.7 Å². The fourth-order valence-electron chi connectivity index (χ4n) is 4.29. The Morgan fingerprint density at radius 3 is 2.81 bits per heavy atom. The van der Waals surface area contributed by atoms with Gasteiger partial charge < -0.3 is 14.8 Å². The lowest BCUT2D eigenvalue weighted by Crippen LogP contribution is -2.37. The van der Waals surface area contributed by atoms with E-state index in [1.807, 2.05) is 30.3 Å². The molecule has 0 radical (unpaired) electrons. The summed E-state index contributed by atoms with van der Waals surface area (Å²) < 4.78 is 5.70. The highest BCUT2D eigenvalue weighted by molar-refractivity contribution is 7.18. The smallest absolute Gasteiger partial charge is 0.259 e. The Morgan fingerprint density at radius 2 is 2.03 bits per heavy atom. The summed E-state index contributed by atoms with van der Waals surface area (Å²) in [5.41, 5.74) is 2.26. The molecule has 0 saturated heterocycles. The molecule has 2 heterocycles. The second-order valence-electron chi connectivity index (χ2n) is 8.79. The molecule has 1 aromatic carbocycles. The first-order chi connectivity index (χ1) is 15.0. The van der Waals surface area contributed by atoms with Gasteiger partial charge in [0.15, 0.2) is 0 Å². The number of nitrogens with zero attached hydrogens (tertiary/aromatic N) is 2. The molecule has 1 aliphatic rings. The van der Waals surface area contributed by atoms with Gasteiger partial charge in [-0.1, -0.05) is 44.2 Å². The van der Waals surface area contributed by atoms with Crippen LogP contribution in [-0.4, -0.2) is 45.8 Å². The maximum atomic E-state index is 12.7. The van der Waals surface area contributed by atoms with E-state index in [0.717, 1.165) is 41.6 Å². The number of aryl methyl sites for hydroxylation is 2. The van der Waals surface area contributed by atoms with Crippen molar-refractivity contribution in [2.24, 2.45) is 5.92 Å². The molecule has 2 aromatic heterocycles. The number of H-pyrrole nitrogens is 1. The van der Waals surface area contributed by atoms with Crippen molar-refractivity contribution in [2.75, 3.05) is 19.7 Å². The summed E-state index contributed by atoms with van der Waals surface area (Å²) in [6.07, 6.45) is 2.56. The minimum atomic E-state index is -0.608. The van der Waals surface area contributed by atoms with Gasteiger partial charge in [0.25, 0.3) is 5.56 Å². The van der Waals surface area contributed by atoms with E-state index < -0.39 is 6.10 Å². The average molecular weight is 442 g/mol. The van der Waals surface area contributed by atoms with Crippen LogP contribution in [0.5, 0.6) is 0 Å². The number of aromatic amines is 1. The van der Waals surface area contributed by atoms with Crippen LogP contribution in [0.3, 0.4) is 0 Å². The van der Waals surface area contributed by atoms with Gasteiger partial charge >= 0.3 is 0 Å². The number of benzene rings is 1. The lowest BCUT2D eigenvalue weighted by molar-refractivity contribution is 0.00639. The quantitative estimate of drug-likeness (QED) is 0.503. The first-order valence-electron chi connectivity index (χ1n) is 11.0. The number of fused-ring (bicyclic) bond motifs is 3. The molecule has 0 aliphatic heterocycles. The van der Waals surface area contributed by atoms with E-state index in [1.54, 1.807) is 11.3 Å². The number of rotatable bonds is 10. The second-order valence-corrected chi connectivity index (χ2v) is 9.88. The zero-order valence-corrected chi connectivity index (χ0v) is 19.1. The van der Waals surface area contributed by atoms with E-state index >= 15 is 0 Å². The molecule has 0 spiro atoms. The Labute approximate surface area is 186 Å². The molecule has 2 N–H and O–H groups in total. The summed E-state index contributed by atoms with van der Waals surface area (Å²) in [4.78, 5) is 24.8. The van der Waals surface area contributed by atoms with Gasteiger partial charge in [0.1, 0.15) is 10.7 Å². The van der Waals surface area contributed by atoms with Crippen molar-refractivity contribution in [3.05, 3.63) is 62.5 Å². The third-order valence-electron chi connectivity index (χ3n) is 5.51. The number of aliphatic hydroxyl groups excluding tert-OH is 1. The third-order valence-corrected chi connectivity index (χ3v) is 6.70. The maximum absolute atomic E-state index is 12.7. The van der Waals surface area contributed by atoms with Crippen molar-refractivity contribution in [2.45, 2.75) is 52.4 Å². The molecule has 3 aromatic rings. The average Bonchev–Trinajstić information content (AvgIpc) is 3.29. The molecule has 0 saturated carbocycles. The SMILES string of the molecule is CC(C)CN(Cc1nc2sc3c(c2c(=O)[nH]1)CCC3)C[C@H](O)COCc1ccccc1. The van der Waals surface area contributed by atoms with Crippen LogP contribution in [0.1, 0.15) is 42.1 Å². The number of hydrogen-bond donors (Lipinski definition) is 2. The van der Waals surface area contributed by atoms with Crippen LogP contribution in [0.4, 0.5) is 0 Å². The maximum Gasteiger partial charge on any atom is 0.259 e. The summed E-state index contributed by atoms with van der Waals surface area (Å²) in [7, 11) is 0. The van der Waals surface area contributed by atoms with Gasteiger partial charge in [0.2, 0.25) is 0 Å². The number of nitrogens with one attached hydrogen (secondary N) is 1.